The smallest absolute Gasteiger partial charge is 0.310 e. The van der Waals surface area contributed by atoms with Crippen molar-refractivity contribution < 1.29 is 9.53 Å². The normalized spacial score (nSPS) is 17.1. The monoisotopic (exact) mass is 378 g/mol. The van der Waals surface area contributed by atoms with Crippen LogP contribution in [0.15, 0.2) is 36.7 Å². The standard InChI is InChI=1S/C22H26N4O2/c1-4-28-22(27)17-6-5-10-25(14-17)21-20-13-19(24-26(20)11-9-23-21)18-8-7-15(2)12-16(18)3/h7-9,11-13,17H,4-6,10,14H2,1-3H3. The second-order valence-corrected chi connectivity index (χ2v) is 7.47. The number of hydrogen-bond acceptors (Lipinski definition) is 5. The van der Waals surface area contributed by atoms with Gasteiger partial charge in [-0.1, -0.05) is 23.8 Å². The van der Waals surface area contributed by atoms with Gasteiger partial charge in [0.1, 0.15) is 5.52 Å². The molecule has 28 heavy (non-hydrogen) atoms. The Bertz CT molecular complexity index is 1010. The van der Waals surface area contributed by atoms with Crippen LogP contribution >= 0.6 is 0 Å². The second kappa shape index (κ2) is 7.62. The minimum atomic E-state index is -0.108. The van der Waals surface area contributed by atoms with Crippen LogP contribution in [-0.2, 0) is 9.53 Å². The van der Waals surface area contributed by atoms with Crippen molar-refractivity contribution in [2.75, 3.05) is 24.6 Å². The summed E-state index contributed by atoms with van der Waals surface area (Å²) < 4.78 is 7.11. The minimum Gasteiger partial charge on any atom is -0.466 e. The van der Waals surface area contributed by atoms with Gasteiger partial charge < -0.3 is 9.64 Å². The fraction of sp³-hybridized carbons (Fsp3) is 0.409. The second-order valence-electron chi connectivity index (χ2n) is 7.47. The molecule has 0 amide bonds. The maximum absolute atomic E-state index is 12.2. The average Bonchev–Trinajstić information content (AvgIpc) is 3.12. The molecule has 6 heteroatoms. The maximum atomic E-state index is 12.2. The Labute approximate surface area is 165 Å². The molecule has 6 nitrogen and oxygen atoms in total. The molecule has 3 heterocycles. The molecule has 1 fully saturated rings. The molecule has 0 N–H and O–H groups in total. The fourth-order valence-electron chi connectivity index (χ4n) is 4.01. The van der Waals surface area contributed by atoms with E-state index in [1.165, 1.54) is 11.1 Å². The van der Waals surface area contributed by atoms with E-state index in [4.69, 9.17) is 9.84 Å². The van der Waals surface area contributed by atoms with E-state index in [0.717, 1.165) is 42.0 Å². The number of aryl methyl sites for hydroxylation is 2. The van der Waals surface area contributed by atoms with Gasteiger partial charge in [0, 0.05) is 31.0 Å². The van der Waals surface area contributed by atoms with Gasteiger partial charge in [-0.2, -0.15) is 5.10 Å². The van der Waals surface area contributed by atoms with E-state index in [1.54, 1.807) is 6.20 Å². The van der Waals surface area contributed by atoms with E-state index >= 15 is 0 Å². The van der Waals surface area contributed by atoms with Gasteiger partial charge in [0.15, 0.2) is 5.82 Å². The van der Waals surface area contributed by atoms with Gasteiger partial charge in [-0.25, -0.2) is 9.50 Å². The predicted molar refractivity (Wildman–Crippen MR) is 109 cm³/mol. The fourth-order valence-corrected chi connectivity index (χ4v) is 4.01. The molecule has 1 atom stereocenters. The number of carbonyl (C=O) groups is 1. The topological polar surface area (TPSA) is 59.7 Å². The summed E-state index contributed by atoms with van der Waals surface area (Å²) in [5.41, 5.74) is 5.47. The zero-order chi connectivity index (χ0) is 19.7. The first kappa shape index (κ1) is 18.5. The number of esters is 1. The largest absolute Gasteiger partial charge is 0.466 e. The number of hydrogen-bond donors (Lipinski definition) is 0. The first-order valence-corrected chi connectivity index (χ1v) is 9.90. The minimum absolute atomic E-state index is 0.0995. The number of anilines is 1. The predicted octanol–water partition coefficient (Wildman–Crippen LogP) is 3.79. The average molecular weight is 378 g/mol. The highest BCUT2D eigenvalue weighted by Crippen LogP contribution is 2.30. The Hall–Kier alpha value is -2.89. The molecule has 0 spiro atoms. The molecule has 0 radical (unpaired) electrons. The SMILES string of the molecule is CCOC(=O)C1CCCN(c2nccn3nc(-c4ccc(C)cc4C)cc23)C1. The van der Waals surface area contributed by atoms with Crippen LogP contribution in [0.2, 0.25) is 0 Å². The van der Waals surface area contributed by atoms with Crippen molar-refractivity contribution in [1.82, 2.24) is 14.6 Å². The van der Waals surface area contributed by atoms with Gasteiger partial charge in [-0.3, -0.25) is 4.79 Å². The molecule has 0 bridgehead atoms. The van der Waals surface area contributed by atoms with Crippen molar-refractivity contribution in [1.29, 1.82) is 0 Å². The number of carbonyl (C=O) groups excluding carboxylic acids is 1. The van der Waals surface area contributed by atoms with Crippen LogP contribution in [-0.4, -0.2) is 40.3 Å². The first-order chi connectivity index (χ1) is 13.6. The van der Waals surface area contributed by atoms with Crippen LogP contribution < -0.4 is 4.90 Å². The van der Waals surface area contributed by atoms with Crippen LogP contribution in [0.1, 0.15) is 30.9 Å². The van der Waals surface area contributed by atoms with E-state index in [-0.39, 0.29) is 11.9 Å². The number of benzene rings is 1. The highest BCUT2D eigenvalue weighted by Gasteiger charge is 2.28. The number of nitrogens with zero attached hydrogens (tertiary/aromatic N) is 4. The summed E-state index contributed by atoms with van der Waals surface area (Å²) in [4.78, 5) is 19.0. The Morgan fingerprint density at radius 1 is 1.29 bits per heavy atom. The van der Waals surface area contributed by atoms with Crippen molar-refractivity contribution in [3.05, 3.63) is 47.8 Å². The lowest BCUT2D eigenvalue weighted by atomic mass is 9.98. The number of aromatic nitrogens is 3. The zero-order valence-corrected chi connectivity index (χ0v) is 16.7. The molecule has 1 saturated heterocycles. The molecule has 1 aliphatic heterocycles. The maximum Gasteiger partial charge on any atom is 0.310 e. The molecule has 0 saturated carbocycles. The van der Waals surface area contributed by atoms with E-state index in [9.17, 15) is 4.79 Å². The number of piperidine rings is 1. The van der Waals surface area contributed by atoms with Gasteiger partial charge >= 0.3 is 5.97 Å². The zero-order valence-electron chi connectivity index (χ0n) is 16.7. The molecule has 0 aliphatic carbocycles. The number of fused-ring (bicyclic) bond motifs is 1. The number of ether oxygens (including phenoxy) is 1. The highest BCUT2D eigenvalue weighted by atomic mass is 16.5. The third kappa shape index (κ3) is 3.46. The lowest BCUT2D eigenvalue weighted by molar-refractivity contribution is -0.148. The van der Waals surface area contributed by atoms with Crippen LogP contribution in [0.5, 0.6) is 0 Å². The molecular weight excluding hydrogens is 352 g/mol. The van der Waals surface area contributed by atoms with Gasteiger partial charge in [0.2, 0.25) is 0 Å². The summed E-state index contributed by atoms with van der Waals surface area (Å²) in [6, 6.07) is 8.50. The van der Waals surface area contributed by atoms with Crippen LogP contribution in [0.4, 0.5) is 5.82 Å². The molecule has 1 aromatic carbocycles. The number of rotatable bonds is 4. The lowest BCUT2D eigenvalue weighted by Crippen LogP contribution is -2.40. The Morgan fingerprint density at radius 3 is 2.93 bits per heavy atom. The van der Waals surface area contributed by atoms with Crippen LogP contribution in [0, 0.1) is 19.8 Å². The van der Waals surface area contributed by atoms with E-state index in [2.05, 4.69) is 48.0 Å². The van der Waals surface area contributed by atoms with Gasteiger partial charge in [0.25, 0.3) is 0 Å². The van der Waals surface area contributed by atoms with Crippen molar-refractivity contribution in [2.45, 2.75) is 33.6 Å². The molecule has 2 aromatic heterocycles. The van der Waals surface area contributed by atoms with E-state index in [0.29, 0.717) is 13.2 Å². The van der Waals surface area contributed by atoms with Gasteiger partial charge in [-0.05, 0) is 45.2 Å². The molecular formula is C22H26N4O2. The van der Waals surface area contributed by atoms with Crippen molar-refractivity contribution >= 4 is 17.3 Å². The van der Waals surface area contributed by atoms with Crippen molar-refractivity contribution in [3.63, 3.8) is 0 Å². The van der Waals surface area contributed by atoms with E-state index in [1.807, 2.05) is 17.6 Å². The summed E-state index contributed by atoms with van der Waals surface area (Å²) >= 11 is 0. The van der Waals surface area contributed by atoms with Crippen molar-refractivity contribution in [3.8, 4) is 11.3 Å². The summed E-state index contributed by atoms with van der Waals surface area (Å²) in [5.74, 6) is 0.668. The van der Waals surface area contributed by atoms with Gasteiger partial charge in [-0.15, -0.1) is 0 Å². The Kier molecular flexibility index (Phi) is 5.03. The highest BCUT2D eigenvalue weighted by molar-refractivity contribution is 5.78. The third-order valence-electron chi connectivity index (χ3n) is 5.37. The third-order valence-corrected chi connectivity index (χ3v) is 5.37. The Morgan fingerprint density at radius 2 is 2.14 bits per heavy atom. The van der Waals surface area contributed by atoms with Crippen molar-refractivity contribution in [2.24, 2.45) is 5.92 Å². The molecule has 3 aromatic rings. The summed E-state index contributed by atoms with van der Waals surface area (Å²) in [6.45, 7) is 7.99. The lowest BCUT2D eigenvalue weighted by Gasteiger charge is -2.32. The summed E-state index contributed by atoms with van der Waals surface area (Å²) in [7, 11) is 0. The van der Waals surface area contributed by atoms with Gasteiger partial charge in [0.05, 0.1) is 18.2 Å². The van der Waals surface area contributed by atoms with Crippen LogP contribution in [0.25, 0.3) is 16.8 Å². The molecule has 146 valence electrons. The molecule has 4 rings (SSSR count). The summed E-state index contributed by atoms with van der Waals surface area (Å²) in [6.07, 6.45) is 5.46. The molecule has 1 unspecified atom stereocenters. The van der Waals surface area contributed by atoms with Crippen LogP contribution in [0.3, 0.4) is 0 Å². The summed E-state index contributed by atoms with van der Waals surface area (Å²) in [5, 5.41) is 4.77. The molecule has 1 aliphatic rings. The Balaban J connectivity index is 1.68. The quantitative estimate of drug-likeness (QED) is 0.647. The van der Waals surface area contributed by atoms with E-state index < -0.39 is 0 Å². The first-order valence-electron chi connectivity index (χ1n) is 9.90.